The minimum Gasteiger partial charge on any atom is -0.493 e. The Morgan fingerprint density at radius 2 is 2.12 bits per heavy atom. The van der Waals surface area contributed by atoms with Gasteiger partial charge in [-0.15, -0.1) is 0 Å². The van der Waals surface area contributed by atoms with E-state index >= 15 is 0 Å². The molecule has 1 aliphatic rings. The molecule has 0 aliphatic carbocycles. The van der Waals surface area contributed by atoms with Crippen LogP contribution in [-0.4, -0.2) is 25.0 Å². The van der Waals surface area contributed by atoms with Crippen molar-refractivity contribution in [3.63, 3.8) is 0 Å². The lowest BCUT2D eigenvalue weighted by Crippen LogP contribution is -2.25. The first-order valence-corrected chi connectivity index (χ1v) is 7.77. The number of nitrogens with one attached hydrogen (secondary N) is 2. The van der Waals surface area contributed by atoms with E-state index in [1.807, 2.05) is 13.0 Å². The summed E-state index contributed by atoms with van der Waals surface area (Å²) in [6, 6.07) is 12.2. The quantitative estimate of drug-likeness (QED) is 0.885. The molecule has 0 fully saturated rings. The zero-order valence-electron chi connectivity index (χ0n) is 13.3. The molecule has 2 aromatic carbocycles. The van der Waals surface area contributed by atoms with Gasteiger partial charge in [-0.3, -0.25) is 9.59 Å². The molecule has 2 amide bonds. The van der Waals surface area contributed by atoms with Gasteiger partial charge in [-0.2, -0.15) is 0 Å². The minimum atomic E-state index is -0.273. The summed E-state index contributed by atoms with van der Waals surface area (Å²) in [7, 11) is 0. The van der Waals surface area contributed by atoms with Crippen molar-refractivity contribution in [1.82, 2.24) is 0 Å². The van der Waals surface area contributed by atoms with Gasteiger partial charge in [0.2, 0.25) is 0 Å². The number of hydrogen-bond donors (Lipinski definition) is 2. The van der Waals surface area contributed by atoms with Crippen molar-refractivity contribution in [2.24, 2.45) is 0 Å². The molecule has 2 N–H and O–H groups in total. The molecule has 0 saturated heterocycles. The predicted molar refractivity (Wildman–Crippen MR) is 90.7 cm³/mol. The molecule has 2 aromatic rings. The highest BCUT2D eigenvalue weighted by atomic mass is 16.5. The van der Waals surface area contributed by atoms with E-state index < -0.39 is 0 Å². The number of carbonyl (C=O) groups excluding carboxylic acids is 2. The zero-order valence-corrected chi connectivity index (χ0v) is 13.3. The number of benzene rings is 2. The van der Waals surface area contributed by atoms with E-state index in [1.165, 1.54) is 0 Å². The molecule has 0 spiro atoms. The second-order valence-corrected chi connectivity index (χ2v) is 5.35. The Bertz CT molecular complexity index is 773. The number of para-hydroxylation sites is 1. The molecule has 124 valence electrons. The van der Waals surface area contributed by atoms with Crippen molar-refractivity contribution in [1.29, 1.82) is 0 Å². The second kappa shape index (κ2) is 7.04. The van der Waals surface area contributed by atoms with Crippen LogP contribution >= 0.6 is 0 Å². The van der Waals surface area contributed by atoms with Gasteiger partial charge < -0.3 is 20.1 Å². The highest BCUT2D eigenvalue weighted by Gasteiger charge is 2.17. The van der Waals surface area contributed by atoms with E-state index in [4.69, 9.17) is 9.47 Å². The van der Waals surface area contributed by atoms with Crippen molar-refractivity contribution in [3.05, 3.63) is 48.0 Å². The number of carbonyl (C=O) groups is 2. The Balaban J connectivity index is 1.78. The van der Waals surface area contributed by atoms with Crippen LogP contribution < -0.4 is 20.1 Å². The van der Waals surface area contributed by atoms with Crippen molar-refractivity contribution in [2.45, 2.75) is 13.3 Å². The second-order valence-electron chi connectivity index (χ2n) is 5.35. The maximum atomic E-state index is 12.5. The van der Waals surface area contributed by atoms with Gasteiger partial charge in [0, 0.05) is 5.69 Å². The van der Waals surface area contributed by atoms with Crippen molar-refractivity contribution in [2.75, 3.05) is 23.8 Å². The monoisotopic (exact) mass is 326 g/mol. The number of rotatable bonds is 5. The third-order valence-electron chi connectivity index (χ3n) is 3.46. The molecule has 0 bridgehead atoms. The summed E-state index contributed by atoms with van der Waals surface area (Å²) in [6.45, 7) is 2.56. The lowest BCUT2D eigenvalue weighted by atomic mass is 10.1. The number of amides is 2. The van der Waals surface area contributed by atoms with Gasteiger partial charge in [0.25, 0.3) is 11.8 Å². The third-order valence-corrected chi connectivity index (χ3v) is 3.46. The van der Waals surface area contributed by atoms with E-state index in [0.29, 0.717) is 35.0 Å². The van der Waals surface area contributed by atoms with E-state index in [1.54, 1.807) is 36.4 Å². The Morgan fingerprint density at radius 1 is 1.29 bits per heavy atom. The maximum Gasteiger partial charge on any atom is 0.262 e. The Morgan fingerprint density at radius 3 is 2.96 bits per heavy atom. The van der Waals surface area contributed by atoms with Gasteiger partial charge in [0.1, 0.15) is 11.5 Å². The fraction of sp³-hybridized carbons (Fsp3) is 0.222. The van der Waals surface area contributed by atoms with Crippen LogP contribution in [0.15, 0.2) is 42.5 Å². The molecule has 6 nitrogen and oxygen atoms in total. The van der Waals surface area contributed by atoms with Crippen molar-refractivity contribution in [3.8, 4) is 11.5 Å². The molecule has 1 heterocycles. The molecule has 0 aromatic heterocycles. The molecule has 0 radical (unpaired) electrons. The lowest BCUT2D eigenvalue weighted by Gasteiger charge is -2.18. The first-order valence-electron chi connectivity index (χ1n) is 7.77. The Hall–Kier alpha value is -3.02. The lowest BCUT2D eigenvalue weighted by molar-refractivity contribution is -0.118. The van der Waals surface area contributed by atoms with E-state index in [2.05, 4.69) is 10.6 Å². The first-order chi connectivity index (χ1) is 11.7. The van der Waals surface area contributed by atoms with Crippen LogP contribution in [0.4, 0.5) is 11.4 Å². The van der Waals surface area contributed by atoms with Gasteiger partial charge in [-0.05, 0) is 36.8 Å². The largest absolute Gasteiger partial charge is 0.493 e. The maximum absolute atomic E-state index is 12.5. The van der Waals surface area contributed by atoms with Crippen LogP contribution in [0.2, 0.25) is 0 Å². The fourth-order valence-electron chi connectivity index (χ4n) is 2.35. The minimum absolute atomic E-state index is 0.000842. The summed E-state index contributed by atoms with van der Waals surface area (Å²) in [4.78, 5) is 23.9. The number of fused-ring (bicyclic) bond motifs is 1. The topological polar surface area (TPSA) is 76.7 Å². The highest BCUT2D eigenvalue weighted by Crippen LogP contribution is 2.31. The summed E-state index contributed by atoms with van der Waals surface area (Å²) >= 11 is 0. The fourth-order valence-corrected chi connectivity index (χ4v) is 2.35. The van der Waals surface area contributed by atoms with Crippen molar-refractivity contribution < 1.29 is 19.1 Å². The Kier molecular flexibility index (Phi) is 4.65. The SMILES string of the molecule is CCCOc1ccccc1C(=O)Nc1ccc2c(c1)NC(=O)CO2. The van der Waals surface area contributed by atoms with Gasteiger partial charge >= 0.3 is 0 Å². The van der Waals surface area contributed by atoms with Gasteiger partial charge in [-0.25, -0.2) is 0 Å². The standard InChI is InChI=1S/C18H18N2O4/c1-2-9-23-15-6-4-3-5-13(15)18(22)19-12-7-8-16-14(10-12)20-17(21)11-24-16/h3-8,10H,2,9,11H2,1H3,(H,19,22)(H,20,21). The summed E-state index contributed by atoms with van der Waals surface area (Å²) in [5.74, 6) is 0.639. The van der Waals surface area contributed by atoms with Crippen molar-refractivity contribution >= 4 is 23.2 Å². The number of anilines is 2. The van der Waals surface area contributed by atoms with E-state index in [0.717, 1.165) is 6.42 Å². The highest BCUT2D eigenvalue weighted by molar-refractivity contribution is 6.06. The van der Waals surface area contributed by atoms with Crippen LogP contribution in [0.25, 0.3) is 0 Å². The number of ether oxygens (including phenoxy) is 2. The normalized spacial score (nSPS) is 12.6. The van der Waals surface area contributed by atoms with Gasteiger partial charge in [0.15, 0.2) is 6.61 Å². The average Bonchev–Trinajstić information content (AvgIpc) is 2.59. The summed E-state index contributed by atoms with van der Waals surface area (Å²) < 4.78 is 10.9. The van der Waals surface area contributed by atoms with Gasteiger partial charge in [-0.1, -0.05) is 19.1 Å². The molecular formula is C18H18N2O4. The number of hydrogen-bond acceptors (Lipinski definition) is 4. The average molecular weight is 326 g/mol. The molecule has 3 rings (SSSR count). The predicted octanol–water partition coefficient (Wildman–Crippen LogP) is 3.06. The molecule has 1 aliphatic heterocycles. The van der Waals surface area contributed by atoms with Crippen LogP contribution in [0, 0.1) is 0 Å². The van der Waals surface area contributed by atoms with Crippen LogP contribution in [0.5, 0.6) is 11.5 Å². The molecule has 24 heavy (non-hydrogen) atoms. The molecule has 6 heteroatoms. The van der Waals surface area contributed by atoms with Crippen LogP contribution in [0.3, 0.4) is 0 Å². The summed E-state index contributed by atoms with van der Waals surface area (Å²) in [5.41, 5.74) is 1.57. The van der Waals surface area contributed by atoms with E-state index in [-0.39, 0.29) is 18.4 Å². The van der Waals surface area contributed by atoms with Crippen LogP contribution in [0.1, 0.15) is 23.7 Å². The molecule has 0 saturated carbocycles. The Labute approximate surface area is 139 Å². The summed E-state index contributed by atoms with van der Waals surface area (Å²) in [5, 5.41) is 5.53. The smallest absolute Gasteiger partial charge is 0.262 e. The van der Waals surface area contributed by atoms with Crippen LogP contribution in [-0.2, 0) is 4.79 Å². The zero-order chi connectivity index (χ0) is 16.9. The van der Waals surface area contributed by atoms with Gasteiger partial charge in [0.05, 0.1) is 17.9 Å². The molecular weight excluding hydrogens is 308 g/mol. The summed E-state index contributed by atoms with van der Waals surface area (Å²) in [6.07, 6.45) is 0.862. The first kappa shape index (κ1) is 15.9. The third kappa shape index (κ3) is 3.48. The molecule has 0 atom stereocenters. The van der Waals surface area contributed by atoms with E-state index in [9.17, 15) is 9.59 Å². The molecule has 0 unspecified atom stereocenters.